The Bertz CT molecular complexity index is 1060. The Morgan fingerprint density at radius 2 is 2.13 bits per heavy atom. The van der Waals surface area contributed by atoms with E-state index in [1.807, 2.05) is 42.8 Å². The smallest absolute Gasteiger partial charge is 0.253 e. The van der Waals surface area contributed by atoms with Crippen molar-refractivity contribution in [1.82, 2.24) is 19.8 Å². The molecule has 0 bridgehead atoms. The first-order valence-corrected chi connectivity index (χ1v) is 11.1. The predicted molar refractivity (Wildman–Crippen MR) is 116 cm³/mol. The first kappa shape index (κ1) is 20.4. The highest BCUT2D eigenvalue weighted by atomic mass is 32.2. The van der Waals surface area contributed by atoms with Gasteiger partial charge in [-0.15, -0.1) is 21.5 Å². The monoisotopic (exact) mass is 443 g/mol. The zero-order valence-electron chi connectivity index (χ0n) is 16.8. The first-order valence-electron chi connectivity index (χ1n) is 9.23. The highest BCUT2D eigenvalue weighted by molar-refractivity contribution is 7.99. The second-order valence-corrected chi connectivity index (χ2v) is 8.47. The Balaban J connectivity index is 1.65. The number of benzene rings is 1. The van der Waals surface area contributed by atoms with Gasteiger partial charge in [-0.2, -0.15) is 5.10 Å². The van der Waals surface area contributed by atoms with Crippen molar-refractivity contribution in [2.24, 2.45) is 12.1 Å². The van der Waals surface area contributed by atoms with Gasteiger partial charge in [0.15, 0.2) is 16.7 Å². The third-order valence-electron chi connectivity index (χ3n) is 4.76. The molecule has 1 aromatic carbocycles. The van der Waals surface area contributed by atoms with Gasteiger partial charge in [-0.3, -0.25) is 4.79 Å². The molecule has 0 N–H and O–H groups in total. The van der Waals surface area contributed by atoms with E-state index >= 15 is 0 Å². The summed E-state index contributed by atoms with van der Waals surface area (Å²) in [5.74, 6) is 1.34. The summed E-state index contributed by atoms with van der Waals surface area (Å²) in [7, 11) is 5.05. The third-order valence-corrected chi connectivity index (χ3v) is 6.70. The second kappa shape index (κ2) is 8.88. The number of thioether (sulfide) groups is 1. The number of methoxy groups -OCH3 is 2. The van der Waals surface area contributed by atoms with E-state index in [1.54, 1.807) is 41.5 Å². The van der Waals surface area contributed by atoms with Gasteiger partial charge in [0.2, 0.25) is 0 Å². The molecule has 4 rings (SSSR count). The number of thiophene rings is 1. The number of aromatic nitrogens is 3. The van der Waals surface area contributed by atoms with Crippen LogP contribution in [0.15, 0.2) is 52.3 Å². The summed E-state index contributed by atoms with van der Waals surface area (Å²) in [6.07, 6.45) is 2.21. The molecule has 0 aliphatic carbocycles. The van der Waals surface area contributed by atoms with Gasteiger partial charge < -0.3 is 14.0 Å². The van der Waals surface area contributed by atoms with E-state index in [9.17, 15) is 4.79 Å². The highest BCUT2D eigenvalue weighted by Crippen LogP contribution is 2.42. The molecule has 3 heterocycles. The molecule has 1 aliphatic heterocycles. The minimum absolute atomic E-state index is 0.107. The van der Waals surface area contributed by atoms with Gasteiger partial charge >= 0.3 is 0 Å². The zero-order valence-corrected chi connectivity index (χ0v) is 18.4. The molecule has 2 aromatic heterocycles. The van der Waals surface area contributed by atoms with E-state index in [0.717, 1.165) is 16.2 Å². The normalized spacial score (nSPS) is 15.9. The predicted octanol–water partition coefficient (Wildman–Crippen LogP) is 3.36. The van der Waals surface area contributed by atoms with Crippen LogP contribution in [0.2, 0.25) is 0 Å². The molecule has 0 saturated carbocycles. The van der Waals surface area contributed by atoms with Gasteiger partial charge in [0.25, 0.3) is 5.91 Å². The topological polar surface area (TPSA) is 81.8 Å². The number of aryl methyl sites for hydroxylation is 1. The maximum Gasteiger partial charge on any atom is 0.253 e. The number of nitrogens with zero attached hydrogens (tertiary/aromatic N) is 5. The van der Waals surface area contributed by atoms with Crippen molar-refractivity contribution in [3.8, 4) is 11.5 Å². The summed E-state index contributed by atoms with van der Waals surface area (Å²) in [6, 6.07) is 9.42. The van der Waals surface area contributed by atoms with E-state index in [2.05, 4.69) is 10.2 Å². The van der Waals surface area contributed by atoms with Crippen LogP contribution >= 0.6 is 23.1 Å². The van der Waals surface area contributed by atoms with Gasteiger partial charge in [-0.1, -0.05) is 30.0 Å². The van der Waals surface area contributed by atoms with Gasteiger partial charge in [0.1, 0.15) is 6.33 Å². The van der Waals surface area contributed by atoms with Crippen molar-refractivity contribution in [3.05, 3.63) is 52.5 Å². The lowest BCUT2D eigenvalue weighted by molar-refractivity contribution is -0.130. The molecule has 1 amide bonds. The lowest BCUT2D eigenvalue weighted by Crippen LogP contribution is -2.29. The summed E-state index contributed by atoms with van der Waals surface area (Å²) in [5, 5.41) is 16.8. The fraction of sp³-hybridized carbons (Fsp3) is 0.300. The summed E-state index contributed by atoms with van der Waals surface area (Å²) in [4.78, 5) is 14.2. The molecular formula is C20H21N5O3S2. The second-order valence-electron chi connectivity index (χ2n) is 6.58. The van der Waals surface area contributed by atoms with Crippen LogP contribution in [0.1, 0.15) is 22.9 Å². The number of amides is 1. The van der Waals surface area contributed by atoms with Gasteiger partial charge in [-0.25, -0.2) is 5.01 Å². The molecule has 30 heavy (non-hydrogen) atoms. The van der Waals surface area contributed by atoms with Crippen molar-refractivity contribution in [3.63, 3.8) is 0 Å². The van der Waals surface area contributed by atoms with Crippen molar-refractivity contribution in [2.45, 2.75) is 17.6 Å². The number of hydrogen-bond donors (Lipinski definition) is 0. The molecule has 10 heteroatoms. The highest BCUT2D eigenvalue weighted by Gasteiger charge is 2.35. The summed E-state index contributed by atoms with van der Waals surface area (Å²) >= 11 is 2.95. The first-order chi connectivity index (χ1) is 14.6. The Morgan fingerprint density at radius 1 is 1.27 bits per heavy atom. The SMILES string of the molecule is COc1cccc(C2CC(c3cccs3)=NN2C(=O)CSc2nncn2C)c1OC. The molecule has 3 aromatic rings. The molecule has 0 fully saturated rings. The van der Waals surface area contributed by atoms with Crippen LogP contribution in [0.25, 0.3) is 0 Å². The van der Waals surface area contributed by atoms with E-state index in [-0.39, 0.29) is 17.7 Å². The fourth-order valence-electron chi connectivity index (χ4n) is 3.34. The molecule has 8 nitrogen and oxygen atoms in total. The quantitative estimate of drug-likeness (QED) is 0.521. The van der Waals surface area contributed by atoms with Crippen molar-refractivity contribution >= 4 is 34.7 Å². The minimum atomic E-state index is -0.278. The minimum Gasteiger partial charge on any atom is -0.493 e. The summed E-state index contributed by atoms with van der Waals surface area (Å²) in [6.45, 7) is 0. The molecule has 1 atom stereocenters. The largest absolute Gasteiger partial charge is 0.493 e. The Kier molecular flexibility index (Phi) is 6.05. The average Bonchev–Trinajstić information content (AvgIpc) is 3.51. The Morgan fingerprint density at radius 3 is 2.80 bits per heavy atom. The van der Waals surface area contributed by atoms with E-state index in [1.165, 1.54) is 11.8 Å². The lowest BCUT2D eigenvalue weighted by atomic mass is 9.99. The summed E-state index contributed by atoms with van der Waals surface area (Å²) in [5.41, 5.74) is 1.75. The number of hydrazone groups is 1. The maximum absolute atomic E-state index is 13.2. The zero-order chi connectivity index (χ0) is 21.1. The van der Waals surface area contributed by atoms with Crippen LogP contribution in [0.3, 0.4) is 0 Å². The van der Waals surface area contributed by atoms with Gasteiger partial charge in [-0.05, 0) is 17.5 Å². The van der Waals surface area contributed by atoms with Crippen molar-refractivity contribution < 1.29 is 14.3 Å². The number of carbonyl (C=O) groups excluding carboxylic acids is 1. The standard InChI is InChI=1S/C20H21N5O3S2/c1-24-12-21-22-20(24)30-11-18(26)25-15(10-14(23-25)17-8-5-9-29-17)13-6-4-7-16(27-2)19(13)28-3/h4-9,12,15H,10-11H2,1-3H3. The Labute approximate surface area is 182 Å². The Hall–Kier alpha value is -2.85. The van der Waals surface area contributed by atoms with E-state index < -0.39 is 0 Å². The third kappa shape index (κ3) is 3.92. The van der Waals surface area contributed by atoms with Crippen LogP contribution < -0.4 is 9.47 Å². The number of rotatable bonds is 7. The number of para-hydroxylation sites is 1. The van der Waals surface area contributed by atoms with Crippen LogP contribution in [-0.4, -0.2) is 51.4 Å². The molecule has 1 unspecified atom stereocenters. The van der Waals surface area contributed by atoms with E-state index in [4.69, 9.17) is 14.6 Å². The molecule has 0 spiro atoms. The van der Waals surface area contributed by atoms with Crippen LogP contribution in [0.5, 0.6) is 11.5 Å². The van der Waals surface area contributed by atoms with Crippen LogP contribution in [0.4, 0.5) is 0 Å². The van der Waals surface area contributed by atoms with E-state index in [0.29, 0.717) is 23.1 Å². The molecule has 0 saturated heterocycles. The van der Waals surface area contributed by atoms with Crippen molar-refractivity contribution in [1.29, 1.82) is 0 Å². The van der Waals surface area contributed by atoms with Crippen LogP contribution in [0, 0.1) is 0 Å². The molecule has 1 aliphatic rings. The fourth-order valence-corrected chi connectivity index (χ4v) is 4.81. The molecule has 0 radical (unpaired) electrons. The average molecular weight is 444 g/mol. The van der Waals surface area contributed by atoms with Gasteiger partial charge in [0, 0.05) is 19.0 Å². The number of ether oxygens (including phenoxy) is 2. The van der Waals surface area contributed by atoms with Crippen molar-refractivity contribution in [2.75, 3.05) is 20.0 Å². The molecule has 156 valence electrons. The molecular weight excluding hydrogens is 422 g/mol. The maximum atomic E-state index is 13.2. The summed E-state index contributed by atoms with van der Waals surface area (Å²) < 4.78 is 12.9. The number of carbonyl (C=O) groups is 1. The number of hydrogen-bond acceptors (Lipinski definition) is 8. The van der Waals surface area contributed by atoms with Crippen LogP contribution in [-0.2, 0) is 11.8 Å². The lowest BCUT2D eigenvalue weighted by Gasteiger charge is -2.24. The van der Waals surface area contributed by atoms with Gasteiger partial charge in [0.05, 0.1) is 36.6 Å².